The van der Waals surface area contributed by atoms with Gasteiger partial charge in [0.05, 0.1) is 43.2 Å². The van der Waals surface area contributed by atoms with Crippen LogP contribution in [0.25, 0.3) is 0 Å². The van der Waals surface area contributed by atoms with Crippen molar-refractivity contribution >= 4 is 21.4 Å². The zero-order valence-electron chi connectivity index (χ0n) is 14.8. The van der Waals surface area contributed by atoms with Crippen molar-refractivity contribution in [2.75, 3.05) is 49.1 Å². The standard InChI is InChI=1S/C17H22F3N3O3S/c18-17(19,20)13-2-1-3-15(10-13)23-7-5-22(6-8-23)11-16(24)21-14-4-9-27(25,26)12-14/h1-3,10,14H,4-9,11-12H2,(H,21,24)/p+1/t14-/m1/s1. The summed E-state index contributed by atoms with van der Waals surface area (Å²) < 4.78 is 61.4. The summed E-state index contributed by atoms with van der Waals surface area (Å²) in [6.07, 6.45) is -3.92. The predicted molar refractivity (Wildman–Crippen MR) is 94.4 cm³/mol. The van der Waals surface area contributed by atoms with Gasteiger partial charge in [-0.1, -0.05) is 6.07 Å². The molecule has 27 heavy (non-hydrogen) atoms. The third kappa shape index (κ3) is 5.35. The number of carbonyl (C=O) groups is 1. The van der Waals surface area contributed by atoms with Gasteiger partial charge in [0.15, 0.2) is 16.4 Å². The number of rotatable bonds is 4. The first-order valence-corrected chi connectivity index (χ1v) is 10.7. The first-order valence-electron chi connectivity index (χ1n) is 8.88. The Bertz CT molecular complexity index is 790. The Kier molecular flexibility index (Phi) is 5.66. The Morgan fingerprint density at radius 1 is 1.26 bits per heavy atom. The second-order valence-corrected chi connectivity index (χ2v) is 9.36. The Balaban J connectivity index is 1.48. The van der Waals surface area contributed by atoms with E-state index in [4.69, 9.17) is 0 Å². The number of halogens is 3. The van der Waals surface area contributed by atoms with E-state index in [0.29, 0.717) is 38.3 Å². The van der Waals surface area contributed by atoms with Crippen LogP contribution in [0.4, 0.5) is 18.9 Å². The molecule has 0 unspecified atom stereocenters. The molecule has 2 N–H and O–H groups in total. The van der Waals surface area contributed by atoms with E-state index in [1.165, 1.54) is 6.07 Å². The molecule has 150 valence electrons. The number of sulfone groups is 1. The van der Waals surface area contributed by atoms with E-state index in [0.717, 1.165) is 17.0 Å². The zero-order chi connectivity index (χ0) is 19.7. The van der Waals surface area contributed by atoms with E-state index < -0.39 is 21.6 Å². The summed E-state index contributed by atoms with van der Waals surface area (Å²) in [6.45, 7) is 2.62. The quantitative estimate of drug-likeness (QED) is 0.721. The predicted octanol–water partition coefficient (Wildman–Crippen LogP) is -0.286. The van der Waals surface area contributed by atoms with Gasteiger partial charge in [-0.25, -0.2) is 8.42 Å². The molecule has 2 aliphatic heterocycles. The smallest absolute Gasteiger partial charge is 0.360 e. The number of nitrogens with zero attached hydrogens (tertiary/aromatic N) is 1. The first-order chi connectivity index (χ1) is 12.6. The first kappa shape index (κ1) is 19.9. The minimum atomic E-state index is -4.37. The van der Waals surface area contributed by atoms with Crippen molar-refractivity contribution in [2.24, 2.45) is 0 Å². The molecule has 1 amide bonds. The molecule has 2 fully saturated rings. The Morgan fingerprint density at radius 2 is 1.96 bits per heavy atom. The maximum Gasteiger partial charge on any atom is 0.416 e. The fourth-order valence-electron chi connectivity index (χ4n) is 3.55. The van der Waals surface area contributed by atoms with Gasteiger partial charge in [-0.05, 0) is 24.6 Å². The van der Waals surface area contributed by atoms with Crippen molar-refractivity contribution in [3.05, 3.63) is 29.8 Å². The number of benzene rings is 1. The monoisotopic (exact) mass is 406 g/mol. The van der Waals surface area contributed by atoms with Crippen LogP contribution in [0.3, 0.4) is 0 Å². The van der Waals surface area contributed by atoms with Crippen molar-refractivity contribution in [1.29, 1.82) is 0 Å². The summed E-state index contributed by atoms with van der Waals surface area (Å²) in [7, 11) is -3.03. The third-order valence-electron chi connectivity index (χ3n) is 5.02. The summed E-state index contributed by atoms with van der Waals surface area (Å²) in [5.74, 6) is -0.0719. The number of anilines is 1. The number of piperazine rings is 1. The van der Waals surface area contributed by atoms with Gasteiger partial charge in [0.2, 0.25) is 0 Å². The maximum atomic E-state index is 12.9. The molecule has 2 aliphatic rings. The summed E-state index contributed by atoms with van der Waals surface area (Å²) in [4.78, 5) is 15.0. The molecular formula is C17H23F3N3O3S+. The van der Waals surface area contributed by atoms with Gasteiger partial charge in [-0.15, -0.1) is 0 Å². The molecule has 0 saturated carbocycles. The highest BCUT2D eigenvalue weighted by Crippen LogP contribution is 2.31. The number of nitrogens with one attached hydrogen (secondary N) is 2. The molecular weight excluding hydrogens is 383 g/mol. The van der Waals surface area contributed by atoms with Gasteiger partial charge in [0, 0.05) is 11.7 Å². The molecule has 1 aromatic carbocycles. The molecule has 0 aromatic heterocycles. The van der Waals surface area contributed by atoms with Gasteiger partial charge in [0.25, 0.3) is 5.91 Å². The average Bonchev–Trinajstić information content (AvgIpc) is 2.93. The topological polar surface area (TPSA) is 70.9 Å². The summed E-state index contributed by atoms with van der Waals surface area (Å²) in [5, 5.41) is 2.77. The van der Waals surface area contributed by atoms with Crippen LogP contribution < -0.4 is 15.1 Å². The molecule has 3 rings (SSSR count). The fourth-order valence-corrected chi connectivity index (χ4v) is 5.22. The fraction of sp³-hybridized carbons (Fsp3) is 0.588. The summed E-state index contributed by atoms with van der Waals surface area (Å²) in [6, 6.07) is 4.96. The Hall–Kier alpha value is -1.81. The zero-order valence-corrected chi connectivity index (χ0v) is 15.6. The summed E-state index contributed by atoms with van der Waals surface area (Å²) in [5.41, 5.74) is -0.134. The van der Waals surface area contributed by atoms with E-state index in [2.05, 4.69) is 5.32 Å². The number of amides is 1. The van der Waals surface area contributed by atoms with Crippen LogP contribution in [0.5, 0.6) is 0 Å². The van der Waals surface area contributed by atoms with Gasteiger partial charge < -0.3 is 15.1 Å². The normalized spacial score (nSPS) is 23.4. The SMILES string of the molecule is O=C(C[NH+]1CCN(c2cccc(C(F)(F)F)c2)CC1)N[C@@H]1CCS(=O)(=O)C1. The van der Waals surface area contributed by atoms with E-state index >= 15 is 0 Å². The van der Waals surface area contributed by atoms with Crippen LogP contribution in [-0.2, 0) is 20.8 Å². The molecule has 0 radical (unpaired) electrons. The van der Waals surface area contributed by atoms with Gasteiger partial charge in [-0.2, -0.15) is 13.2 Å². The lowest BCUT2D eigenvalue weighted by atomic mass is 10.1. The van der Waals surface area contributed by atoms with E-state index in [-0.39, 0.29) is 30.0 Å². The number of hydrogen-bond acceptors (Lipinski definition) is 4. The minimum absolute atomic E-state index is 0.00258. The van der Waals surface area contributed by atoms with Crippen LogP contribution in [0.15, 0.2) is 24.3 Å². The third-order valence-corrected chi connectivity index (χ3v) is 6.79. The highest BCUT2D eigenvalue weighted by atomic mass is 32.2. The summed E-state index contributed by atoms with van der Waals surface area (Å²) >= 11 is 0. The molecule has 2 heterocycles. The average molecular weight is 406 g/mol. The lowest BCUT2D eigenvalue weighted by Crippen LogP contribution is -3.16. The molecule has 0 aliphatic carbocycles. The maximum absolute atomic E-state index is 12.9. The Morgan fingerprint density at radius 3 is 2.56 bits per heavy atom. The molecule has 0 spiro atoms. The van der Waals surface area contributed by atoms with E-state index in [1.54, 1.807) is 6.07 Å². The van der Waals surface area contributed by atoms with Crippen LogP contribution in [0.1, 0.15) is 12.0 Å². The van der Waals surface area contributed by atoms with Crippen LogP contribution in [0.2, 0.25) is 0 Å². The van der Waals surface area contributed by atoms with Crippen molar-refractivity contribution < 1.29 is 31.3 Å². The second kappa shape index (κ2) is 7.67. The molecule has 1 atom stereocenters. The molecule has 10 heteroatoms. The van der Waals surface area contributed by atoms with Crippen LogP contribution in [0, 0.1) is 0 Å². The van der Waals surface area contributed by atoms with Crippen molar-refractivity contribution in [3.8, 4) is 0 Å². The van der Waals surface area contributed by atoms with Crippen LogP contribution >= 0.6 is 0 Å². The van der Waals surface area contributed by atoms with Gasteiger partial charge in [-0.3, -0.25) is 4.79 Å². The minimum Gasteiger partial charge on any atom is -0.360 e. The van der Waals surface area contributed by atoms with E-state index in [1.807, 2.05) is 4.90 Å². The van der Waals surface area contributed by atoms with Crippen molar-refractivity contribution in [1.82, 2.24) is 5.32 Å². The van der Waals surface area contributed by atoms with Gasteiger partial charge >= 0.3 is 6.18 Å². The molecule has 6 nitrogen and oxygen atoms in total. The highest BCUT2D eigenvalue weighted by molar-refractivity contribution is 7.91. The second-order valence-electron chi connectivity index (χ2n) is 7.13. The van der Waals surface area contributed by atoms with Crippen molar-refractivity contribution in [3.63, 3.8) is 0 Å². The lowest BCUT2D eigenvalue weighted by molar-refractivity contribution is -0.892. The van der Waals surface area contributed by atoms with Gasteiger partial charge in [0.1, 0.15) is 0 Å². The molecule has 2 saturated heterocycles. The number of hydrogen-bond donors (Lipinski definition) is 2. The number of quaternary nitrogens is 1. The highest BCUT2D eigenvalue weighted by Gasteiger charge is 2.32. The number of carbonyl (C=O) groups excluding carboxylic acids is 1. The molecule has 0 bridgehead atoms. The van der Waals surface area contributed by atoms with Crippen molar-refractivity contribution in [2.45, 2.75) is 18.6 Å². The van der Waals surface area contributed by atoms with Crippen LogP contribution in [-0.4, -0.2) is 64.6 Å². The Labute approximate surface area is 156 Å². The van der Waals surface area contributed by atoms with E-state index in [9.17, 15) is 26.4 Å². The molecule has 1 aromatic rings. The number of alkyl halides is 3. The lowest BCUT2D eigenvalue weighted by Gasteiger charge is -2.33. The largest absolute Gasteiger partial charge is 0.416 e.